The third kappa shape index (κ3) is 5.44. The molecule has 218 valence electrons. The van der Waals surface area contributed by atoms with Gasteiger partial charge in [0.05, 0.1) is 34.7 Å². The van der Waals surface area contributed by atoms with Crippen LogP contribution in [0.3, 0.4) is 0 Å². The number of carbonyl (C=O) groups is 2. The summed E-state index contributed by atoms with van der Waals surface area (Å²) in [6, 6.07) is 23.1. The molecule has 3 heterocycles. The summed E-state index contributed by atoms with van der Waals surface area (Å²) in [6.45, 7) is 4.09. The van der Waals surface area contributed by atoms with Crippen molar-refractivity contribution >= 4 is 39.3 Å². The van der Waals surface area contributed by atoms with Crippen LogP contribution >= 0.6 is 27.5 Å². The van der Waals surface area contributed by atoms with Gasteiger partial charge in [-0.15, -0.1) is 0 Å². The second kappa shape index (κ2) is 11.7. The number of nitrogens with zero attached hydrogens (tertiary/aromatic N) is 5. The monoisotopic (exact) mass is 658 g/mol. The molecule has 1 unspecified atom stereocenters. The molecule has 11 heteroatoms. The van der Waals surface area contributed by atoms with Crippen LogP contribution < -0.4 is 11.0 Å². The molecule has 0 saturated carbocycles. The van der Waals surface area contributed by atoms with E-state index in [0.29, 0.717) is 26.4 Å². The molecule has 6 rings (SSSR count). The lowest BCUT2D eigenvalue weighted by Crippen LogP contribution is -2.47. The number of benzene rings is 3. The van der Waals surface area contributed by atoms with Crippen LogP contribution in [-0.4, -0.2) is 41.7 Å². The summed E-state index contributed by atoms with van der Waals surface area (Å²) in [6.07, 6.45) is 3.51. The molecule has 3 aromatic carbocycles. The molecule has 0 bridgehead atoms. The zero-order chi connectivity index (χ0) is 30.2. The molecule has 0 saturated heterocycles. The van der Waals surface area contributed by atoms with Crippen molar-refractivity contribution in [1.82, 2.24) is 29.1 Å². The van der Waals surface area contributed by atoms with Gasteiger partial charge in [0.25, 0.3) is 11.8 Å². The number of rotatable bonds is 6. The predicted molar refractivity (Wildman–Crippen MR) is 168 cm³/mol. The summed E-state index contributed by atoms with van der Waals surface area (Å²) in [5.74, 6) is -0.645. The first-order chi connectivity index (χ1) is 20.7. The second-order valence-corrected chi connectivity index (χ2v) is 11.8. The number of hydrogen-bond donors (Lipinski definition) is 1. The van der Waals surface area contributed by atoms with Crippen molar-refractivity contribution in [2.45, 2.75) is 39.0 Å². The van der Waals surface area contributed by atoms with E-state index >= 15 is 0 Å². The maximum Gasteiger partial charge on any atom is 0.333 e. The Morgan fingerprint density at radius 1 is 1.02 bits per heavy atom. The van der Waals surface area contributed by atoms with E-state index < -0.39 is 5.91 Å². The number of aromatic nitrogens is 4. The Morgan fingerprint density at radius 2 is 1.74 bits per heavy atom. The smallest absolute Gasteiger partial charge is 0.333 e. The van der Waals surface area contributed by atoms with Crippen LogP contribution in [0.25, 0.3) is 11.4 Å². The van der Waals surface area contributed by atoms with Crippen LogP contribution in [0, 0.1) is 0 Å². The fraction of sp³-hybridized carbons (Fsp3) is 0.188. The Labute approximate surface area is 261 Å². The third-order valence-corrected chi connectivity index (χ3v) is 8.94. The standard InChI is InChI=1S/C32H28BrClN6O3/c1-20-18-38-28(19-37(20)31(42)23-9-14-26(33)27(34)17-23)29(30(41)36-21(2)22-7-4-3-5-8-22)40(32(38)43)25-12-10-24(11-13-25)39-16-6-15-35-39/h3-17,20-21H,18-19H2,1-2H3,(H,36,41)/t20-,21?/m0/s1. The number of halogens is 2. The fourth-order valence-electron chi connectivity index (χ4n) is 5.42. The molecule has 0 radical (unpaired) electrons. The average Bonchev–Trinajstić information content (AvgIpc) is 3.65. The van der Waals surface area contributed by atoms with Crippen LogP contribution in [-0.2, 0) is 13.1 Å². The predicted octanol–water partition coefficient (Wildman–Crippen LogP) is 5.78. The number of amides is 2. The van der Waals surface area contributed by atoms with E-state index in [1.165, 1.54) is 4.57 Å². The zero-order valence-corrected chi connectivity index (χ0v) is 25.8. The average molecular weight is 660 g/mol. The number of nitrogens with one attached hydrogen (secondary N) is 1. The third-order valence-electron chi connectivity index (χ3n) is 7.71. The number of carbonyl (C=O) groups excluding carboxylic acids is 2. The van der Waals surface area contributed by atoms with Crippen molar-refractivity contribution in [2.75, 3.05) is 0 Å². The van der Waals surface area contributed by atoms with Crippen LogP contribution in [0.5, 0.6) is 0 Å². The Morgan fingerprint density at radius 3 is 2.42 bits per heavy atom. The maximum absolute atomic E-state index is 14.0. The first kappa shape index (κ1) is 28.7. The van der Waals surface area contributed by atoms with E-state index in [9.17, 15) is 14.4 Å². The van der Waals surface area contributed by atoms with Gasteiger partial charge in [-0.2, -0.15) is 5.10 Å². The van der Waals surface area contributed by atoms with Gasteiger partial charge in [-0.25, -0.2) is 9.48 Å². The summed E-state index contributed by atoms with van der Waals surface area (Å²) in [7, 11) is 0. The number of fused-ring (bicyclic) bond motifs is 1. The molecule has 1 N–H and O–H groups in total. The number of imidazole rings is 1. The van der Waals surface area contributed by atoms with Crippen LogP contribution in [0.4, 0.5) is 0 Å². The van der Waals surface area contributed by atoms with Gasteiger partial charge in [-0.05, 0) is 83.9 Å². The molecule has 0 fully saturated rings. The van der Waals surface area contributed by atoms with Crippen LogP contribution in [0.15, 0.2) is 101 Å². The normalized spacial score (nSPS) is 15.2. The largest absolute Gasteiger partial charge is 0.344 e. The molecule has 9 nitrogen and oxygen atoms in total. The molecule has 0 spiro atoms. The number of hydrogen-bond acceptors (Lipinski definition) is 4. The molecule has 1 aliphatic rings. The van der Waals surface area contributed by atoms with E-state index in [0.717, 1.165) is 11.3 Å². The second-order valence-electron chi connectivity index (χ2n) is 10.5. The highest BCUT2D eigenvalue weighted by atomic mass is 79.9. The van der Waals surface area contributed by atoms with Crippen molar-refractivity contribution < 1.29 is 9.59 Å². The lowest BCUT2D eigenvalue weighted by Gasteiger charge is -2.34. The summed E-state index contributed by atoms with van der Waals surface area (Å²) >= 11 is 9.66. The van der Waals surface area contributed by atoms with E-state index in [2.05, 4.69) is 26.3 Å². The Bertz CT molecular complexity index is 1870. The van der Waals surface area contributed by atoms with Crippen molar-refractivity contribution in [3.63, 3.8) is 0 Å². The maximum atomic E-state index is 14.0. The minimum absolute atomic E-state index is 0.0732. The summed E-state index contributed by atoms with van der Waals surface area (Å²) < 4.78 is 5.44. The molecule has 2 aromatic heterocycles. The Hall–Kier alpha value is -4.41. The van der Waals surface area contributed by atoms with E-state index in [1.54, 1.807) is 50.7 Å². The molecular weight excluding hydrogens is 632 g/mol. The SMILES string of the molecule is CC(NC(=O)c1c2n(c(=O)n1-c1ccc(-n3cccn3)cc1)C[C@H](C)N(C(=O)c1ccc(Br)c(Cl)c1)C2)c1ccccc1. The lowest BCUT2D eigenvalue weighted by molar-refractivity contribution is 0.0610. The molecule has 5 aromatic rings. The topological polar surface area (TPSA) is 94.2 Å². The molecule has 43 heavy (non-hydrogen) atoms. The highest BCUT2D eigenvalue weighted by molar-refractivity contribution is 9.10. The van der Waals surface area contributed by atoms with E-state index in [4.69, 9.17) is 11.6 Å². The van der Waals surface area contributed by atoms with Gasteiger partial charge in [0.2, 0.25) is 0 Å². The van der Waals surface area contributed by atoms with Gasteiger partial charge in [-0.1, -0.05) is 41.9 Å². The summed E-state index contributed by atoms with van der Waals surface area (Å²) in [5.41, 5.74) is 3.02. The Kier molecular flexibility index (Phi) is 7.81. The first-order valence-electron chi connectivity index (χ1n) is 13.8. The van der Waals surface area contributed by atoms with Gasteiger partial charge in [-0.3, -0.25) is 18.7 Å². The van der Waals surface area contributed by atoms with Crippen LogP contribution in [0.2, 0.25) is 5.02 Å². The highest BCUT2D eigenvalue weighted by Crippen LogP contribution is 2.28. The van der Waals surface area contributed by atoms with E-state index in [1.807, 2.05) is 68.6 Å². The quantitative estimate of drug-likeness (QED) is 0.250. The fourth-order valence-corrected chi connectivity index (χ4v) is 5.85. The van der Waals surface area contributed by atoms with E-state index in [-0.39, 0.29) is 42.5 Å². The van der Waals surface area contributed by atoms with Gasteiger partial charge in [0, 0.05) is 35.0 Å². The Balaban J connectivity index is 1.43. The molecule has 2 amide bonds. The van der Waals surface area contributed by atoms with Crippen molar-refractivity contribution in [3.05, 3.63) is 134 Å². The highest BCUT2D eigenvalue weighted by Gasteiger charge is 2.35. The first-order valence-corrected chi connectivity index (χ1v) is 15.0. The molecular formula is C32H28BrClN6O3. The van der Waals surface area contributed by atoms with Gasteiger partial charge in [0.15, 0.2) is 0 Å². The van der Waals surface area contributed by atoms with Gasteiger partial charge >= 0.3 is 5.69 Å². The van der Waals surface area contributed by atoms with Gasteiger partial charge in [0.1, 0.15) is 5.69 Å². The van der Waals surface area contributed by atoms with Gasteiger partial charge < -0.3 is 10.2 Å². The van der Waals surface area contributed by atoms with Crippen LogP contribution in [0.1, 0.15) is 52.0 Å². The van der Waals surface area contributed by atoms with Crippen molar-refractivity contribution in [2.24, 2.45) is 0 Å². The minimum atomic E-state index is -0.410. The minimum Gasteiger partial charge on any atom is -0.344 e. The summed E-state index contributed by atoms with van der Waals surface area (Å²) in [5, 5.41) is 7.76. The molecule has 1 aliphatic heterocycles. The van der Waals surface area contributed by atoms with Crippen molar-refractivity contribution in [1.29, 1.82) is 0 Å². The zero-order valence-electron chi connectivity index (χ0n) is 23.4. The molecule has 0 aliphatic carbocycles. The van der Waals surface area contributed by atoms with Crippen molar-refractivity contribution in [3.8, 4) is 11.4 Å². The lowest BCUT2D eigenvalue weighted by atomic mass is 10.1. The molecule has 2 atom stereocenters. The summed E-state index contributed by atoms with van der Waals surface area (Å²) in [4.78, 5) is 43.4.